The van der Waals surface area contributed by atoms with Crippen molar-refractivity contribution in [3.05, 3.63) is 72.1 Å². The minimum atomic E-state index is -2.57. The Bertz CT molecular complexity index is 869. The molecule has 3 rings (SSSR count). The van der Waals surface area contributed by atoms with E-state index in [-0.39, 0.29) is 5.47 Å². The molecule has 0 N–H and O–H groups in total. The fourth-order valence-electron chi connectivity index (χ4n) is 2.63. The van der Waals surface area contributed by atoms with E-state index in [1.54, 1.807) is 18.3 Å². The number of hydrogen-bond donors (Lipinski definition) is 0. The van der Waals surface area contributed by atoms with Gasteiger partial charge in [-0.25, -0.2) is 0 Å². The van der Waals surface area contributed by atoms with Gasteiger partial charge in [0.1, 0.15) is 0 Å². The van der Waals surface area contributed by atoms with Crippen molar-refractivity contribution in [3.8, 4) is 0 Å². The Balaban J connectivity index is 2.08. The van der Waals surface area contributed by atoms with Gasteiger partial charge < -0.3 is 4.90 Å². The third-order valence-electron chi connectivity index (χ3n) is 3.95. The van der Waals surface area contributed by atoms with E-state index in [0.717, 1.165) is 16.5 Å². The summed E-state index contributed by atoms with van der Waals surface area (Å²) in [4.78, 5) is 6.21. The third kappa shape index (κ3) is 3.30. The van der Waals surface area contributed by atoms with Gasteiger partial charge in [-0.15, -0.1) is 0 Å². The van der Waals surface area contributed by atoms with Gasteiger partial charge >= 0.3 is 7.27 Å². The highest BCUT2D eigenvalue weighted by atomic mass is 19.2. The third-order valence-corrected chi connectivity index (χ3v) is 3.95. The molecule has 0 aliphatic carbocycles. The molecule has 1 heterocycles. The molecule has 0 saturated heterocycles. The summed E-state index contributed by atoms with van der Waals surface area (Å²) < 4.78 is 27.2. The van der Waals surface area contributed by atoms with Crippen LogP contribution in [0.1, 0.15) is 11.3 Å². The van der Waals surface area contributed by atoms with Crippen LogP contribution in [-0.4, -0.2) is 26.3 Å². The van der Waals surface area contributed by atoms with Crippen molar-refractivity contribution < 1.29 is 8.63 Å². The Morgan fingerprint density at radius 3 is 2.38 bits per heavy atom. The molecule has 3 aromatic rings. The molecule has 120 valence electrons. The van der Waals surface area contributed by atoms with Gasteiger partial charge in [0.2, 0.25) is 0 Å². The molecule has 0 unspecified atom stereocenters. The summed E-state index contributed by atoms with van der Waals surface area (Å²) in [6.45, 7) is 0. The smallest absolute Gasteiger partial charge is 0.378 e. The zero-order chi connectivity index (χ0) is 17.1. The van der Waals surface area contributed by atoms with Crippen molar-refractivity contribution in [2.45, 2.75) is 0 Å². The first-order valence-corrected chi connectivity index (χ1v) is 7.67. The number of rotatable bonds is 4. The van der Waals surface area contributed by atoms with Gasteiger partial charge in [0, 0.05) is 36.8 Å². The summed E-state index contributed by atoms with van der Waals surface area (Å²) in [5.74, 6) is 0. The second kappa shape index (κ2) is 6.83. The molecule has 2 aromatic carbocycles. The molecular weight excluding hydrogens is 305 g/mol. The number of pyridine rings is 1. The van der Waals surface area contributed by atoms with Crippen LogP contribution in [0.25, 0.3) is 22.3 Å². The molecule has 24 heavy (non-hydrogen) atoms. The molecule has 0 bridgehead atoms. The van der Waals surface area contributed by atoms with Gasteiger partial charge in [0.05, 0.1) is 5.69 Å². The Labute approximate surface area is 140 Å². The van der Waals surface area contributed by atoms with Crippen LogP contribution < -0.4 is 4.90 Å². The molecule has 0 atom stereocenters. The van der Waals surface area contributed by atoms with Crippen LogP contribution in [0.5, 0.6) is 0 Å². The van der Waals surface area contributed by atoms with Gasteiger partial charge in [-0.1, -0.05) is 36.4 Å². The average Bonchev–Trinajstić information content (AvgIpc) is 2.59. The minimum Gasteiger partial charge on any atom is -0.378 e. The Morgan fingerprint density at radius 1 is 1.00 bits per heavy atom. The summed E-state index contributed by atoms with van der Waals surface area (Å²) in [7, 11) is 1.26. The molecular formula is C19H17BF2N2. The predicted octanol–water partition coefficient (Wildman–Crippen LogP) is 4.81. The number of fused-ring (bicyclic) bond motifs is 1. The summed E-state index contributed by atoms with van der Waals surface area (Å²) in [5.41, 5.74) is 2.00. The summed E-state index contributed by atoms with van der Waals surface area (Å²) in [6.07, 6.45) is 3.13. The molecule has 0 saturated carbocycles. The van der Waals surface area contributed by atoms with Crippen molar-refractivity contribution in [1.82, 2.24) is 4.98 Å². The first-order chi connectivity index (χ1) is 11.6. The topological polar surface area (TPSA) is 16.1 Å². The van der Waals surface area contributed by atoms with Crippen molar-refractivity contribution in [3.63, 3.8) is 0 Å². The van der Waals surface area contributed by atoms with Gasteiger partial charge in [0.25, 0.3) is 0 Å². The van der Waals surface area contributed by atoms with Crippen LogP contribution in [0.15, 0.2) is 60.8 Å². The SMILES string of the molecule is CN(C)c1ccc(/C(=C\c2nccc3ccccc23)B(F)F)cc1. The second-order valence-corrected chi connectivity index (χ2v) is 5.76. The fraction of sp³-hybridized carbons (Fsp3) is 0.105. The lowest BCUT2D eigenvalue weighted by atomic mass is 9.79. The van der Waals surface area contributed by atoms with Crippen molar-refractivity contribution in [2.75, 3.05) is 19.0 Å². The van der Waals surface area contributed by atoms with Crippen molar-refractivity contribution in [1.29, 1.82) is 0 Å². The second-order valence-electron chi connectivity index (χ2n) is 5.76. The van der Waals surface area contributed by atoms with Crippen LogP contribution in [0.3, 0.4) is 0 Å². The van der Waals surface area contributed by atoms with Crippen molar-refractivity contribution >= 4 is 35.3 Å². The van der Waals surface area contributed by atoms with E-state index in [2.05, 4.69) is 4.98 Å². The molecule has 5 heteroatoms. The van der Waals surface area contributed by atoms with Gasteiger partial charge in [-0.05, 0) is 35.2 Å². The van der Waals surface area contributed by atoms with Crippen LogP contribution in [0, 0.1) is 0 Å². The Hall–Kier alpha value is -2.69. The van der Waals surface area contributed by atoms with Gasteiger partial charge in [-0.3, -0.25) is 13.6 Å². The molecule has 1 aromatic heterocycles. The van der Waals surface area contributed by atoms with E-state index in [1.807, 2.05) is 61.5 Å². The lowest BCUT2D eigenvalue weighted by molar-refractivity contribution is 0.687. The summed E-state index contributed by atoms with van der Waals surface area (Å²) in [6, 6.07) is 16.6. The van der Waals surface area contributed by atoms with Crippen LogP contribution >= 0.6 is 0 Å². The van der Waals surface area contributed by atoms with E-state index in [1.165, 1.54) is 6.08 Å². The van der Waals surface area contributed by atoms with E-state index < -0.39 is 7.27 Å². The van der Waals surface area contributed by atoms with Crippen LogP contribution in [0.4, 0.5) is 14.3 Å². The van der Waals surface area contributed by atoms with Gasteiger partial charge in [-0.2, -0.15) is 0 Å². The van der Waals surface area contributed by atoms with Crippen LogP contribution in [-0.2, 0) is 0 Å². The zero-order valence-electron chi connectivity index (χ0n) is 13.6. The number of halogens is 2. The maximum absolute atomic E-state index is 13.6. The molecule has 2 nitrogen and oxygen atoms in total. The lowest BCUT2D eigenvalue weighted by Crippen LogP contribution is -2.09. The number of benzene rings is 2. The fourth-order valence-corrected chi connectivity index (χ4v) is 2.63. The maximum Gasteiger partial charge on any atom is 0.572 e. The average molecular weight is 322 g/mol. The number of hydrogen-bond acceptors (Lipinski definition) is 2. The van der Waals surface area contributed by atoms with E-state index in [9.17, 15) is 8.63 Å². The molecule has 0 amide bonds. The standard InChI is InChI=1S/C19H17BF2N2/c1-24(2)16-9-7-15(8-10-16)18(20(21)22)13-19-17-6-4-3-5-14(17)11-12-23-19/h3-13H,1-2H3/b18-13+. The largest absolute Gasteiger partial charge is 0.572 e. The number of aromatic nitrogens is 1. The minimum absolute atomic E-state index is 0.0239. The molecule has 0 aliphatic rings. The highest BCUT2D eigenvalue weighted by Crippen LogP contribution is 2.26. The summed E-state index contributed by atoms with van der Waals surface area (Å²) >= 11 is 0. The van der Waals surface area contributed by atoms with E-state index >= 15 is 0 Å². The number of nitrogens with zero attached hydrogens (tertiary/aromatic N) is 2. The predicted molar refractivity (Wildman–Crippen MR) is 98.4 cm³/mol. The molecule has 0 radical (unpaired) electrons. The maximum atomic E-state index is 13.6. The lowest BCUT2D eigenvalue weighted by Gasteiger charge is -2.13. The Kier molecular flexibility index (Phi) is 4.60. The van der Waals surface area contributed by atoms with Crippen LogP contribution in [0.2, 0.25) is 0 Å². The van der Waals surface area contributed by atoms with E-state index in [4.69, 9.17) is 0 Å². The highest BCUT2D eigenvalue weighted by Gasteiger charge is 2.22. The zero-order valence-corrected chi connectivity index (χ0v) is 13.6. The quantitative estimate of drug-likeness (QED) is 0.641. The molecule has 0 aliphatic heterocycles. The van der Waals surface area contributed by atoms with E-state index in [0.29, 0.717) is 11.3 Å². The van der Waals surface area contributed by atoms with Gasteiger partial charge in [0.15, 0.2) is 0 Å². The Morgan fingerprint density at radius 2 is 1.71 bits per heavy atom. The monoisotopic (exact) mass is 322 g/mol. The normalized spacial score (nSPS) is 11.6. The molecule has 0 spiro atoms. The highest BCUT2D eigenvalue weighted by molar-refractivity contribution is 6.68. The molecule has 0 fully saturated rings. The first kappa shape index (κ1) is 16.2. The first-order valence-electron chi connectivity index (χ1n) is 7.67. The number of anilines is 1. The van der Waals surface area contributed by atoms with Crippen molar-refractivity contribution in [2.24, 2.45) is 0 Å². The summed E-state index contributed by atoms with van der Waals surface area (Å²) in [5, 5.41) is 1.85.